The molecule has 102 valence electrons. The van der Waals surface area contributed by atoms with E-state index < -0.39 is 0 Å². The zero-order chi connectivity index (χ0) is 13.4. The average Bonchev–Trinajstić information content (AvgIpc) is 2.34. The fourth-order valence-corrected chi connectivity index (χ4v) is 1.65. The molecule has 0 radical (unpaired) electrons. The van der Waals surface area contributed by atoms with Crippen molar-refractivity contribution in [3.05, 3.63) is 29.6 Å². The fourth-order valence-electron chi connectivity index (χ4n) is 1.44. The molecule has 1 rings (SSSR count). The Labute approximate surface area is 113 Å². The van der Waals surface area contributed by atoms with Gasteiger partial charge in [0.05, 0.1) is 12.5 Å². The molecule has 0 unspecified atom stereocenters. The summed E-state index contributed by atoms with van der Waals surface area (Å²) in [4.78, 5) is 0. The van der Waals surface area contributed by atoms with E-state index in [-0.39, 0.29) is 17.4 Å². The van der Waals surface area contributed by atoms with Crippen LogP contribution in [0, 0.1) is 11.7 Å². The molecule has 0 spiro atoms. The van der Waals surface area contributed by atoms with Crippen LogP contribution in [0.25, 0.3) is 0 Å². The molecule has 0 aliphatic rings. The van der Waals surface area contributed by atoms with Crippen LogP contribution in [-0.2, 0) is 10.6 Å². The number of benzene rings is 1. The molecule has 0 aromatic heterocycles. The Hall–Kier alpha value is -0.800. The van der Waals surface area contributed by atoms with Gasteiger partial charge in [0.15, 0.2) is 11.6 Å². The van der Waals surface area contributed by atoms with Gasteiger partial charge >= 0.3 is 0 Å². The molecule has 0 fully saturated rings. The lowest BCUT2D eigenvalue weighted by Crippen LogP contribution is -2.10. The van der Waals surface area contributed by atoms with Crippen molar-refractivity contribution in [1.82, 2.24) is 0 Å². The van der Waals surface area contributed by atoms with Crippen LogP contribution in [0.4, 0.5) is 4.39 Å². The maximum atomic E-state index is 13.5. The summed E-state index contributed by atoms with van der Waals surface area (Å²) in [6, 6.07) is 4.75. The van der Waals surface area contributed by atoms with Crippen molar-refractivity contribution in [2.45, 2.75) is 26.1 Å². The third kappa shape index (κ3) is 5.23. The molecular formula is C14H20ClFO2. The van der Waals surface area contributed by atoms with E-state index in [0.717, 1.165) is 6.42 Å². The van der Waals surface area contributed by atoms with Crippen LogP contribution in [0.2, 0.25) is 0 Å². The summed E-state index contributed by atoms with van der Waals surface area (Å²) < 4.78 is 24.3. The topological polar surface area (TPSA) is 18.5 Å². The summed E-state index contributed by atoms with van der Waals surface area (Å²) in [7, 11) is 0. The second kappa shape index (κ2) is 8.33. The van der Waals surface area contributed by atoms with Gasteiger partial charge in [0.25, 0.3) is 0 Å². The Bertz CT molecular complexity index is 356. The third-order valence-electron chi connectivity index (χ3n) is 2.51. The Kier molecular flexibility index (Phi) is 7.06. The predicted molar refractivity (Wildman–Crippen MR) is 71.7 cm³/mol. The largest absolute Gasteiger partial charge is 0.488 e. The first-order valence-corrected chi connectivity index (χ1v) is 6.72. The van der Waals surface area contributed by atoms with Gasteiger partial charge < -0.3 is 9.47 Å². The van der Waals surface area contributed by atoms with Crippen LogP contribution in [0.15, 0.2) is 18.2 Å². The number of alkyl halides is 1. The Balaban J connectivity index is 2.31. The van der Waals surface area contributed by atoms with Gasteiger partial charge in [0.2, 0.25) is 0 Å². The van der Waals surface area contributed by atoms with Gasteiger partial charge in [-0.15, -0.1) is 11.6 Å². The molecule has 0 aliphatic heterocycles. The van der Waals surface area contributed by atoms with Crippen LogP contribution in [0.3, 0.4) is 0 Å². The van der Waals surface area contributed by atoms with Crippen molar-refractivity contribution in [1.29, 1.82) is 0 Å². The monoisotopic (exact) mass is 274 g/mol. The van der Waals surface area contributed by atoms with Gasteiger partial charge in [-0.25, -0.2) is 4.39 Å². The molecule has 0 saturated carbocycles. The molecule has 0 aliphatic carbocycles. The second-order valence-electron chi connectivity index (χ2n) is 4.51. The minimum Gasteiger partial charge on any atom is -0.488 e. The number of para-hydroxylation sites is 1. The number of ether oxygens (including phenoxy) is 2. The highest BCUT2D eigenvalue weighted by Gasteiger charge is 2.08. The zero-order valence-corrected chi connectivity index (χ0v) is 11.7. The van der Waals surface area contributed by atoms with Gasteiger partial charge in [0, 0.05) is 12.2 Å². The van der Waals surface area contributed by atoms with E-state index in [1.54, 1.807) is 12.1 Å². The number of hydrogen-bond acceptors (Lipinski definition) is 2. The third-order valence-corrected chi connectivity index (χ3v) is 2.79. The van der Waals surface area contributed by atoms with Crippen molar-refractivity contribution >= 4 is 11.6 Å². The maximum absolute atomic E-state index is 13.5. The molecule has 18 heavy (non-hydrogen) atoms. The summed E-state index contributed by atoms with van der Waals surface area (Å²) in [5.74, 6) is 0.719. The van der Waals surface area contributed by atoms with E-state index in [1.807, 2.05) is 0 Å². The average molecular weight is 275 g/mol. The molecule has 0 amide bonds. The first-order chi connectivity index (χ1) is 8.65. The second-order valence-corrected chi connectivity index (χ2v) is 4.77. The lowest BCUT2D eigenvalue weighted by molar-refractivity contribution is 0.0910. The van der Waals surface area contributed by atoms with Crippen molar-refractivity contribution in [2.75, 3.05) is 19.8 Å². The quantitative estimate of drug-likeness (QED) is 0.527. The first-order valence-electron chi connectivity index (χ1n) is 6.19. The minimum atomic E-state index is -0.379. The van der Waals surface area contributed by atoms with Crippen molar-refractivity contribution < 1.29 is 13.9 Å². The number of rotatable bonds is 8. The molecule has 0 atom stereocenters. The molecule has 1 aromatic carbocycles. The Morgan fingerprint density at radius 2 is 2.00 bits per heavy atom. The minimum absolute atomic E-state index is 0.236. The van der Waals surface area contributed by atoms with E-state index in [9.17, 15) is 4.39 Å². The molecule has 0 N–H and O–H groups in total. The molecule has 0 heterocycles. The van der Waals surface area contributed by atoms with Crippen LogP contribution < -0.4 is 4.74 Å². The van der Waals surface area contributed by atoms with Gasteiger partial charge in [0.1, 0.15) is 6.61 Å². The molecule has 4 heteroatoms. The standard InChI is InChI=1S/C14H20ClFO2/c1-11(2)6-7-17-8-9-18-14-12(10-15)4-3-5-13(14)16/h3-5,11H,6-10H2,1-2H3. The SMILES string of the molecule is CC(C)CCOCCOc1c(F)cccc1CCl. The first kappa shape index (κ1) is 15.3. The van der Waals surface area contributed by atoms with Crippen molar-refractivity contribution in [2.24, 2.45) is 5.92 Å². The van der Waals surface area contributed by atoms with Gasteiger partial charge in [-0.1, -0.05) is 26.0 Å². The highest BCUT2D eigenvalue weighted by Crippen LogP contribution is 2.23. The number of halogens is 2. The smallest absolute Gasteiger partial charge is 0.165 e. The lowest BCUT2D eigenvalue weighted by Gasteiger charge is -2.11. The summed E-state index contributed by atoms with van der Waals surface area (Å²) in [6.45, 7) is 5.80. The summed E-state index contributed by atoms with van der Waals surface area (Å²) in [5.41, 5.74) is 0.666. The van der Waals surface area contributed by atoms with E-state index in [4.69, 9.17) is 21.1 Å². The van der Waals surface area contributed by atoms with Crippen LogP contribution in [0.1, 0.15) is 25.8 Å². The van der Waals surface area contributed by atoms with E-state index in [1.165, 1.54) is 6.07 Å². The molecule has 0 saturated heterocycles. The highest BCUT2D eigenvalue weighted by atomic mass is 35.5. The van der Waals surface area contributed by atoms with Gasteiger partial charge in [-0.05, 0) is 18.4 Å². The molecule has 2 nitrogen and oxygen atoms in total. The van der Waals surface area contributed by atoms with E-state index in [2.05, 4.69) is 13.8 Å². The van der Waals surface area contributed by atoms with Crippen LogP contribution >= 0.6 is 11.6 Å². The normalized spacial score (nSPS) is 10.9. The van der Waals surface area contributed by atoms with E-state index in [0.29, 0.717) is 31.3 Å². The van der Waals surface area contributed by atoms with Gasteiger partial charge in [-0.3, -0.25) is 0 Å². The Morgan fingerprint density at radius 3 is 2.67 bits per heavy atom. The highest BCUT2D eigenvalue weighted by molar-refractivity contribution is 6.17. The zero-order valence-electron chi connectivity index (χ0n) is 10.9. The molecule has 0 bridgehead atoms. The van der Waals surface area contributed by atoms with Gasteiger partial charge in [-0.2, -0.15) is 0 Å². The van der Waals surface area contributed by atoms with Crippen molar-refractivity contribution in [3.8, 4) is 5.75 Å². The van der Waals surface area contributed by atoms with E-state index >= 15 is 0 Å². The lowest BCUT2D eigenvalue weighted by atomic mass is 10.1. The fraction of sp³-hybridized carbons (Fsp3) is 0.571. The summed E-state index contributed by atoms with van der Waals surface area (Å²) in [5, 5.41) is 0. The summed E-state index contributed by atoms with van der Waals surface area (Å²) >= 11 is 5.72. The predicted octanol–water partition coefficient (Wildman–Crippen LogP) is 4.01. The molecule has 1 aromatic rings. The number of hydrogen-bond donors (Lipinski definition) is 0. The molecular weight excluding hydrogens is 255 g/mol. The Morgan fingerprint density at radius 1 is 1.22 bits per heavy atom. The van der Waals surface area contributed by atoms with Crippen LogP contribution in [0.5, 0.6) is 5.75 Å². The van der Waals surface area contributed by atoms with Crippen molar-refractivity contribution in [3.63, 3.8) is 0 Å². The maximum Gasteiger partial charge on any atom is 0.165 e. The summed E-state index contributed by atoms with van der Waals surface area (Å²) in [6.07, 6.45) is 1.02. The van der Waals surface area contributed by atoms with Crippen LogP contribution in [-0.4, -0.2) is 19.8 Å².